The van der Waals surface area contributed by atoms with Crippen molar-refractivity contribution in [2.75, 3.05) is 20.2 Å². The van der Waals surface area contributed by atoms with Crippen LogP contribution in [0.1, 0.15) is 17.3 Å². The van der Waals surface area contributed by atoms with Gasteiger partial charge in [-0.25, -0.2) is 0 Å². The van der Waals surface area contributed by atoms with E-state index in [4.69, 9.17) is 5.11 Å². The number of rotatable bonds is 5. The summed E-state index contributed by atoms with van der Waals surface area (Å²) in [6, 6.07) is 8.47. The minimum absolute atomic E-state index is 0.0297. The van der Waals surface area contributed by atoms with Gasteiger partial charge >= 0.3 is 0 Å². The van der Waals surface area contributed by atoms with Gasteiger partial charge in [-0.1, -0.05) is 18.2 Å². The first-order valence-corrected chi connectivity index (χ1v) is 5.75. The van der Waals surface area contributed by atoms with Crippen LogP contribution >= 0.6 is 0 Å². The molecule has 2 N–H and O–H groups in total. The van der Waals surface area contributed by atoms with Crippen molar-refractivity contribution in [3.05, 3.63) is 35.9 Å². The van der Waals surface area contributed by atoms with Crippen LogP contribution in [-0.4, -0.2) is 48.1 Å². The van der Waals surface area contributed by atoms with E-state index < -0.39 is 0 Å². The first kappa shape index (κ1) is 14.2. The van der Waals surface area contributed by atoms with Crippen LogP contribution in [0.15, 0.2) is 30.3 Å². The summed E-state index contributed by atoms with van der Waals surface area (Å²) in [7, 11) is 1.57. The zero-order valence-corrected chi connectivity index (χ0v) is 10.6. The number of carbonyl (C=O) groups excluding carboxylic acids is 2. The Balaban J connectivity index is 2.53. The minimum Gasteiger partial charge on any atom is -0.394 e. The highest BCUT2D eigenvalue weighted by Gasteiger charge is 2.15. The number of likely N-dealkylation sites (N-methyl/N-ethyl adjacent to an activating group) is 1. The number of nitrogens with zero attached hydrogens (tertiary/aromatic N) is 1. The summed E-state index contributed by atoms with van der Waals surface area (Å²) in [5, 5.41) is 11.4. The molecule has 1 atom stereocenters. The topological polar surface area (TPSA) is 69.6 Å². The van der Waals surface area contributed by atoms with Gasteiger partial charge in [-0.2, -0.15) is 0 Å². The molecule has 5 heteroatoms. The number of benzene rings is 1. The molecule has 2 amide bonds. The van der Waals surface area contributed by atoms with Crippen LogP contribution in [0.5, 0.6) is 0 Å². The quantitative estimate of drug-likeness (QED) is 0.787. The molecule has 18 heavy (non-hydrogen) atoms. The lowest BCUT2D eigenvalue weighted by Crippen LogP contribution is -2.42. The Labute approximate surface area is 106 Å². The summed E-state index contributed by atoms with van der Waals surface area (Å²) >= 11 is 0. The maximum absolute atomic E-state index is 11.9. The van der Waals surface area contributed by atoms with Gasteiger partial charge in [0.2, 0.25) is 5.91 Å². The molecule has 0 aliphatic heterocycles. The molecule has 0 fully saturated rings. The molecule has 1 aromatic rings. The summed E-state index contributed by atoms with van der Waals surface area (Å²) in [6.45, 7) is 1.54. The molecule has 0 heterocycles. The maximum Gasteiger partial charge on any atom is 0.254 e. The maximum atomic E-state index is 11.9. The van der Waals surface area contributed by atoms with Crippen LogP contribution in [0.25, 0.3) is 0 Å². The van der Waals surface area contributed by atoms with E-state index in [1.54, 1.807) is 38.2 Å². The number of hydrogen-bond acceptors (Lipinski definition) is 3. The van der Waals surface area contributed by atoms with Gasteiger partial charge in [0.15, 0.2) is 0 Å². The third-order valence-electron chi connectivity index (χ3n) is 2.43. The zero-order chi connectivity index (χ0) is 13.5. The molecule has 1 unspecified atom stereocenters. The Morgan fingerprint density at radius 1 is 1.33 bits per heavy atom. The summed E-state index contributed by atoms with van der Waals surface area (Å²) in [6.07, 6.45) is 0. The molecule has 0 radical (unpaired) electrons. The normalized spacial score (nSPS) is 11.7. The van der Waals surface area contributed by atoms with E-state index in [2.05, 4.69) is 5.32 Å². The molecule has 0 aliphatic rings. The molecule has 0 saturated carbocycles. The first-order valence-electron chi connectivity index (χ1n) is 5.75. The molecular formula is C13H18N2O3. The number of carbonyl (C=O) groups is 2. The lowest BCUT2D eigenvalue weighted by molar-refractivity contribution is -0.122. The molecular weight excluding hydrogens is 232 g/mol. The lowest BCUT2D eigenvalue weighted by Gasteiger charge is -2.18. The van der Waals surface area contributed by atoms with E-state index in [0.29, 0.717) is 5.56 Å². The van der Waals surface area contributed by atoms with Crippen molar-refractivity contribution in [2.24, 2.45) is 0 Å². The minimum atomic E-state index is -0.308. The predicted octanol–water partition coefficient (Wildman–Crippen LogP) is 0.256. The van der Waals surface area contributed by atoms with Gasteiger partial charge in [0.1, 0.15) is 0 Å². The second kappa shape index (κ2) is 6.76. The fraction of sp³-hybridized carbons (Fsp3) is 0.385. The Morgan fingerprint density at radius 3 is 2.50 bits per heavy atom. The van der Waals surface area contributed by atoms with Crippen LogP contribution in [0, 0.1) is 0 Å². The highest BCUT2D eigenvalue weighted by Crippen LogP contribution is 2.02. The monoisotopic (exact) mass is 250 g/mol. The number of amides is 2. The summed E-state index contributed by atoms with van der Waals surface area (Å²) in [5.74, 6) is -0.495. The average Bonchev–Trinajstić information content (AvgIpc) is 2.38. The molecule has 0 aromatic heterocycles. The van der Waals surface area contributed by atoms with Crippen molar-refractivity contribution in [3.8, 4) is 0 Å². The third-order valence-corrected chi connectivity index (χ3v) is 2.43. The molecule has 1 rings (SSSR count). The summed E-state index contributed by atoms with van der Waals surface area (Å²) in [5.41, 5.74) is 0.544. The summed E-state index contributed by atoms with van der Waals surface area (Å²) < 4.78 is 0. The highest BCUT2D eigenvalue weighted by atomic mass is 16.3. The van der Waals surface area contributed by atoms with Crippen LogP contribution in [0.3, 0.4) is 0 Å². The van der Waals surface area contributed by atoms with Gasteiger partial charge < -0.3 is 15.3 Å². The highest BCUT2D eigenvalue weighted by molar-refractivity contribution is 5.96. The van der Waals surface area contributed by atoms with Crippen LogP contribution < -0.4 is 5.32 Å². The largest absolute Gasteiger partial charge is 0.394 e. The Kier molecular flexibility index (Phi) is 5.32. The average molecular weight is 250 g/mol. The smallest absolute Gasteiger partial charge is 0.254 e. The third kappa shape index (κ3) is 4.18. The van der Waals surface area contributed by atoms with E-state index in [-0.39, 0.29) is 31.0 Å². The van der Waals surface area contributed by atoms with Crippen molar-refractivity contribution >= 4 is 11.8 Å². The molecule has 5 nitrogen and oxygen atoms in total. The molecule has 0 saturated heterocycles. The Morgan fingerprint density at radius 2 is 1.94 bits per heavy atom. The van der Waals surface area contributed by atoms with Crippen molar-refractivity contribution < 1.29 is 14.7 Å². The van der Waals surface area contributed by atoms with Crippen molar-refractivity contribution in [2.45, 2.75) is 13.0 Å². The first-order chi connectivity index (χ1) is 8.54. The van der Waals surface area contributed by atoms with E-state index in [1.807, 2.05) is 6.07 Å². The standard InChI is InChI=1S/C13H18N2O3/c1-10(9-16)14-12(17)8-15(2)13(18)11-6-4-3-5-7-11/h3-7,10,16H,8-9H2,1-2H3,(H,14,17). The van der Waals surface area contributed by atoms with Gasteiger partial charge in [0, 0.05) is 18.7 Å². The number of hydrogen-bond donors (Lipinski definition) is 2. The second-order valence-electron chi connectivity index (χ2n) is 4.18. The SMILES string of the molecule is CC(CO)NC(=O)CN(C)C(=O)c1ccccc1. The van der Waals surface area contributed by atoms with E-state index >= 15 is 0 Å². The van der Waals surface area contributed by atoms with Gasteiger partial charge in [0.05, 0.1) is 13.2 Å². The number of aliphatic hydroxyl groups is 1. The second-order valence-corrected chi connectivity index (χ2v) is 4.18. The molecule has 0 aliphatic carbocycles. The summed E-state index contributed by atoms with van der Waals surface area (Å²) in [4.78, 5) is 24.8. The molecule has 1 aromatic carbocycles. The predicted molar refractivity (Wildman–Crippen MR) is 68.1 cm³/mol. The van der Waals surface area contributed by atoms with Gasteiger partial charge in [-0.3, -0.25) is 9.59 Å². The number of aliphatic hydroxyl groups excluding tert-OH is 1. The zero-order valence-electron chi connectivity index (χ0n) is 10.6. The van der Waals surface area contributed by atoms with Crippen molar-refractivity contribution in [1.82, 2.24) is 10.2 Å². The van der Waals surface area contributed by atoms with E-state index in [0.717, 1.165) is 0 Å². The van der Waals surface area contributed by atoms with Crippen molar-refractivity contribution in [1.29, 1.82) is 0 Å². The Bertz CT molecular complexity index is 406. The van der Waals surface area contributed by atoms with Crippen molar-refractivity contribution in [3.63, 3.8) is 0 Å². The molecule has 0 spiro atoms. The van der Waals surface area contributed by atoms with E-state index in [9.17, 15) is 9.59 Å². The van der Waals surface area contributed by atoms with Crippen LogP contribution in [-0.2, 0) is 4.79 Å². The van der Waals surface area contributed by atoms with Crippen LogP contribution in [0.4, 0.5) is 0 Å². The fourth-order valence-electron chi connectivity index (χ4n) is 1.45. The van der Waals surface area contributed by atoms with Gasteiger partial charge in [-0.05, 0) is 19.1 Å². The van der Waals surface area contributed by atoms with E-state index in [1.165, 1.54) is 4.90 Å². The van der Waals surface area contributed by atoms with Gasteiger partial charge in [-0.15, -0.1) is 0 Å². The number of nitrogens with one attached hydrogen (secondary N) is 1. The van der Waals surface area contributed by atoms with Gasteiger partial charge in [0.25, 0.3) is 5.91 Å². The molecule has 98 valence electrons. The Hall–Kier alpha value is -1.88. The lowest BCUT2D eigenvalue weighted by atomic mass is 10.2. The van der Waals surface area contributed by atoms with Crippen LogP contribution in [0.2, 0.25) is 0 Å². The molecule has 0 bridgehead atoms. The fourth-order valence-corrected chi connectivity index (χ4v) is 1.45.